The number of alkyl halides is 1. The summed E-state index contributed by atoms with van der Waals surface area (Å²) in [4.78, 5) is 0.618. The van der Waals surface area contributed by atoms with Crippen molar-refractivity contribution in [1.29, 1.82) is 0 Å². The second-order valence-electron chi connectivity index (χ2n) is 5.32. The first-order valence-corrected chi connectivity index (χ1v) is 7.90. The number of ether oxygens (including phenoxy) is 1. The van der Waals surface area contributed by atoms with Crippen molar-refractivity contribution in [3.8, 4) is 0 Å². The largest absolute Gasteiger partial charge is 0.370 e. The zero-order chi connectivity index (χ0) is 13.2. The van der Waals surface area contributed by atoms with Crippen molar-refractivity contribution in [2.24, 2.45) is 5.41 Å². The van der Waals surface area contributed by atoms with E-state index in [1.165, 1.54) is 18.4 Å². The van der Waals surface area contributed by atoms with Gasteiger partial charge in [0, 0.05) is 10.2 Å². The molecule has 0 saturated heterocycles. The highest BCUT2D eigenvalue weighted by molar-refractivity contribution is 9.09. The Balaban J connectivity index is 2.02. The van der Waals surface area contributed by atoms with Crippen LogP contribution >= 0.6 is 15.9 Å². The van der Waals surface area contributed by atoms with Crippen molar-refractivity contribution in [1.82, 2.24) is 0 Å². The van der Waals surface area contributed by atoms with Gasteiger partial charge in [0.1, 0.15) is 0 Å². The predicted octanol–water partition coefficient (Wildman–Crippen LogP) is 5.11. The normalized spacial score (nSPS) is 27.6. The van der Waals surface area contributed by atoms with E-state index >= 15 is 0 Å². The van der Waals surface area contributed by atoms with Gasteiger partial charge in [-0.1, -0.05) is 60.1 Å². The van der Waals surface area contributed by atoms with Gasteiger partial charge in [-0.15, -0.1) is 0 Å². The molecule has 1 aliphatic rings. The first-order valence-electron chi connectivity index (χ1n) is 6.98. The molecular formula is C16H23BrO. The van der Waals surface area contributed by atoms with Crippen LogP contribution in [-0.4, -0.2) is 10.9 Å². The summed E-state index contributed by atoms with van der Waals surface area (Å²) in [7, 11) is 0. The summed E-state index contributed by atoms with van der Waals surface area (Å²) in [6, 6.07) is 10.5. The third kappa shape index (κ3) is 2.37. The molecule has 1 aromatic rings. The van der Waals surface area contributed by atoms with Gasteiger partial charge in [0.2, 0.25) is 0 Å². The van der Waals surface area contributed by atoms with Gasteiger partial charge in [-0.25, -0.2) is 0 Å². The molecule has 0 aliphatic heterocycles. The summed E-state index contributed by atoms with van der Waals surface area (Å²) in [5, 5.41) is 0. The van der Waals surface area contributed by atoms with Crippen LogP contribution in [0.3, 0.4) is 0 Å². The fourth-order valence-corrected chi connectivity index (χ4v) is 4.37. The summed E-state index contributed by atoms with van der Waals surface area (Å²) < 4.78 is 6.31. The average Bonchev–Trinajstić information content (AvgIpc) is 2.40. The van der Waals surface area contributed by atoms with Crippen LogP contribution in [0.1, 0.15) is 51.7 Å². The minimum absolute atomic E-state index is 0.189. The van der Waals surface area contributed by atoms with E-state index in [-0.39, 0.29) is 6.10 Å². The van der Waals surface area contributed by atoms with Crippen LogP contribution in [0, 0.1) is 5.41 Å². The van der Waals surface area contributed by atoms with Crippen LogP contribution in [0.5, 0.6) is 0 Å². The maximum atomic E-state index is 6.31. The molecule has 0 bridgehead atoms. The van der Waals surface area contributed by atoms with E-state index in [4.69, 9.17) is 4.74 Å². The van der Waals surface area contributed by atoms with Gasteiger partial charge in [-0.05, 0) is 31.7 Å². The molecule has 2 rings (SSSR count). The van der Waals surface area contributed by atoms with Crippen molar-refractivity contribution in [2.75, 3.05) is 0 Å². The monoisotopic (exact) mass is 310 g/mol. The third-order valence-electron chi connectivity index (χ3n) is 4.64. The number of hydrogen-bond acceptors (Lipinski definition) is 1. The molecule has 0 N–H and O–H groups in total. The SMILES string of the molecule is CCC1(CC)C(Br)CC1OC(C)c1ccccc1. The fourth-order valence-electron chi connectivity index (χ4n) is 3.09. The number of halogens is 1. The molecule has 0 spiro atoms. The van der Waals surface area contributed by atoms with Crippen molar-refractivity contribution >= 4 is 15.9 Å². The molecule has 0 heterocycles. The Kier molecular flexibility index (Phi) is 4.50. The highest BCUT2D eigenvalue weighted by atomic mass is 79.9. The molecule has 3 atom stereocenters. The summed E-state index contributed by atoms with van der Waals surface area (Å²) in [6.07, 6.45) is 4.09. The fraction of sp³-hybridized carbons (Fsp3) is 0.625. The van der Waals surface area contributed by atoms with Crippen LogP contribution in [0.2, 0.25) is 0 Å². The van der Waals surface area contributed by atoms with Crippen molar-refractivity contribution in [3.63, 3.8) is 0 Å². The van der Waals surface area contributed by atoms with Crippen molar-refractivity contribution in [3.05, 3.63) is 35.9 Å². The smallest absolute Gasteiger partial charge is 0.0800 e. The zero-order valence-corrected chi connectivity index (χ0v) is 13.1. The molecule has 0 amide bonds. The summed E-state index contributed by atoms with van der Waals surface area (Å²) in [5.41, 5.74) is 1.61. The Morgan fingerprint density at radius 3 is 2.39 bits per heavy atom. The Morgan fingerprint density at radius 1 is 1.28 bits per heavy atom. The van der Waals surface area contributed by atoms with Gasteiger partial charge < -0.3 is 4.74 Å². The molecule has 1 saturated carbocycles. The maximum Gasteiger partial charge on any atom is 0.0800 e. The molecule has 0 radical (unpaired) electrons. The van der Waals surface area contributed by atoms with Crippen LogP contribution in [0.25, 0.3) is 0 Å². The van der Waals surface area contributed by atoms with Crippen molar-refractivity contribution in [2.45, 2.75) is 57.1 Å². The molecule has 3 unspecified atom stereocenters. The van der Waals surface area contributed by atoms with E-state index in [0.717, 1.165) is 6.42 Å². The van der Waals surface area contributed by atoms with E-state index < -0.39 is 0 Å². The van der Waals surface area contributed by atoms with E-state index in [2.05, 4.69) is 67.0 Å². The second kappa shape index (κ2) is 5.75. The van der Waals surface area contributed by atoms with Gasteiger partial charge in [0.25, 0.3) is 0 Å². The van der Waals surface area contributed by atoms with Gasteiger partial charge in [0.15, 0.2) is 0 Å². The lowest BCUT2D eigenvalue weighted by Gasteiger charge is -2.53. The lowest BCUT2D eigenvalue weighted by atomic mass is 9.62. The average molecular weight is 311 g/mol. The number of rotatable bonds is 5. The predicted molar refractivity (Wildman–Crippen MR) is 80.1 cm³/mol. The van der Waals surface area contributed by atoms with E-state index in [1.807, 2.05) is 0 Å². The Labute approximate surface area is 119 Å². The van der Waals surface area contributed by atoms with E-state index in [1.54, 1.807) is 0 Å². The molecule has 100 valence electrons. The van der Waals surface area contributed by atoms with Crippen LogP contribution in [0.15, 0.2) is 30.3 Å². The summed E-state index contributed by atoms with van der Waals surface area (Å²) in [6.45, 7) is 6.72. The molecule has 18 heavy (non-hydrogen) atoms. The lowest BCUT2D eigenvalue weighted by molar-refractivity contribution is -0.136. The molecule has 2 heteroatoms. The van der Waals surface area contributed by atoms with Gasteiger partial charge >= 0.3 is 0 Å². The molecule has 1 nitrogen and oxygen atoms in total. The molecule has 0 aromatic heterocycles. The van der Waals surface area contributed by atoms with Gasteiger partial charge in [0.05, 0.1) is 12.2 Å². The summed E-state index contributed by atoms with van der Waals surface area (Å²) >= 11 is 3.81. The molecular weight excluding hydrogens is 288 g/mol. The maximum absolute atomic E-state index is 6.31. The van der Waals surface area contributed by atoms with E-state index in [0.29, 0.717) is 16.3 Å². The van der Waals surface area contributed by atoms with Gasteiger partial charge in [-0.3, -0.25) is 0 Å². The number of hydrogen-bond donors (Lipinski definition) is 0. The Bertz CT molecular complexity index is 372. The Hall–Kier alpha value is -0.340. The van der Waals surface area contributed by atoms with E-state index in [9.17, 15) is 0 Å². The second-order valence-corrected chi connectivity index (χ2v) is 6.43. The summed E-state index contributed by atoms with van der Waals surface area (Å²) in [5.74, 6) is 0. The van der Waals surface area contributed by atoms with Crippen molar-refractivity contribution < 1.29 is 4.74 Å². The highest BCUT2D eigenvalue weighted by Crippen LogP contribution is 2.53. The zero-order valence-electron chi connectivity index (χ0n) is 11.5. The highest BCUT2D eigenvalue weighted by Gasteiger charge is 2.52. The first-order chi connectivity index (χ1) is 8.64. The molecule has 1 fully saturated rings. The first kappa shape index (κ1) is 14.1. The number of benzene rings is 1. The minimum atomic E-state index is 0.189. The van der Waals surface area contributed by atoms with Crippen LogP contribution in [0.4, 0.5) is 0 Å². The van der Waals surface area contributed by atoms with Crippen LogP contribution in [-0.2, 0) is 4.74 Å². The van der Waals surface area contributed by atoms with Crippen LogP contribution < -0.4 is 0 Å². The quantitative estimate of drug-likeness (QED) is 0.687. The standard InChI is InChI=1S/C16H23BrO/c1-4-16(5-2)14(17)11-15(16)18-12(3)13-9-7-6-8-10-13/h6-10,12,14-15H,4-5,11H2,1-3H3. The third-order valence-corrected chi connectivity index (χ3v) is 5.93. The molecule has 1 aromatic carbocycles. The Morgan fingerprint density at radius 2 is 1.89 bits per heavy atom. The van der Waals surface area contributed by atoms with Gasteiger partial charge in [-0.2, -0.15) is 0 Å². The minimum Gasteiger partial charge on any atom is -0.370 e. The topological polar surface area (TPSA) is 9.23 Å². The molecule has 1 aliphatic carbocycles. The lowest BCUT2D eigenvalue weighted by Crippen LogP contribution is -2.55.